The van der Waals surface area contributed by atoms with Crippen molar-refractivity contribution in [3.8, 4) is 0 Å². The SMILES string of the molecule is OCC[N+](CCO)=C1C=CC(=C/C=C2\C=C(c3ccc(Br)cc3)C=C(c3ccc(Br)cc3)O2)C=C1. The second-order valence-electron chi connectivity index (χ2n) is 7.99. The van der Waals surface area contributed by atoms with Crippen molar-refractivity contribution in [3.05, 3.63) is 129 Å². The normalized spacial score (nSPS) is 16.2. The monoisotopic (exact) mass is 594 g/mol. The van der Waals surface area contributed by atoms with Gasteiger partial charge in [-0.15, -0.1) is 0 Å². The Morgan fingerprint density at radius 3 is 1.86 bits per heavy atom. The van der Waals surface area contributed by atoms with Crippen molar-refractivity contribution < 1.29 is 19.5 Å². The molecule has 1 aliphatic heterocycles. The first kappa shape index (κ1) is 25.3. The fraction of sp³-hybridized carbons (Fsp3) is 0.138. The lowest BCUT2D eigenvalue weighted by Crippen LogP contribution is -2.26. The minimum atomic E-state index is 0.0402. The summed E-state index contributed by atoms with van der Waals surface area (Å²) in [5.74, 6) is 1.53. The summed E-state index contributed by atoms with van der Waals surface area (Å²) in [6.07, 6.45) is 16.1. The molecule has 0 saturated heterocycles. The lowest BCUT2D eigenvalue weighted by atomic mass is 10.0. The molecule has 2 aromatic rings. The van der Waals surface area contributed by atoms with Crippen molar-refractivity contribution in [1.29, 1.82) is 0 Å². The van der Waals surface area contributed by atoms with Crippen molar-refractivity contribution in [2.24, 2.45) is 0 Å². The highest BCUT2D eigenvalue weighted by atomic mass is 79.9. The number of ether oxygens (including phenoxy) is 1. The van der Waals surface area contributed by atoms with E-state index >= 15 is 0 Å². The van der Waals surface area contributed by atoms with Gasteiger partial charge < -0.3 is 14.9 Å². The number of rotatable bonds is 7. The van der Waals surface area contributed by atoms with E-state index in [4.69, 9.17) is 4.74 Å². The van der Waals surface area contributed by atoms with Crippen LogP contribution in [0.25, 0.3) is 11.3 Å². The zero-order valence-electron chi connectivity index (χ0n) is 19.1. The summed E-state index contributed by atoms with van der Waals surface area (Å²) in [7, 11) is 0. The van der Waals surface area contributed by atoms with Crippen molar-refractivity contribution in [2.75, 3.05) is 26.3 Å². The van der Waals surface area contributed by atoms with Crippen LogP contribution in [0.4, 0.5) is 0 Å². The fourth-order valence-corrected chi connectivity index (χ4v) is 4.28. The third-order valence-corrected chi connectivity index (χ3v) is 6.61. The van der Waals surface area contributed by atoms with Gasteiger partial charge in [-0.3, -0.25) is 0 Å². The number of hydrogen-bond acceptors (Lipinski definition) is 3. The molecule has 1 heterocycles. The van der Waals surface area contributed by atoms with Crippen LogP contribution in [0.3, 0.4) is 0 Å². The van der Waals surface area contributed by atoms with Gasteiger partial charge in [0.1, 0.15) is 24.7 Å². The van der Waals surface area contributed by atoms with E-state index in [0.717, 1.165) is 48.4 Å². The maximum atomic E-state index is 9.28. The number of allylic oxidation sites excluding steroid dienone is 10. The minimum Gasteiger partial charge on any atom is -0.457 e. The molecule has 35 heavy (non-hydrogen) atoms. The molecule has 0 radical (unpaired) electrons. The number of benzene rings is 2. The summed E-state index contributed by atoms with van der Waals surface area (Å²) in [5.41, 5.74) is 5.16. The molecule has 2 aliphatic rings. The summed E-state index contributed by atoms with van der Waals surface area (Å²) >= 11 is 7.01. The Morgan fingerprint density at radius 2 is 1.29 bits per heavy atom. The third-order valence-electron chi connectivity index (χ3n) is 5.56. The van der Waals surface area contributed by atoms with E-state index in [9.17, 15) is 10.2 Å². The standard InChI is InChI=1S/C29H26Br2NO3/c30-25-8-4-22(5-9-25)24-19-28(35-29(20-24)23-6-10-26(31)11-7-23)14-3-21-1-12-27(13-2-21)32(15-17-33)16-18-34/h1-14,19-20,33-34H,15-18H2/q+1/b28-14+. The topological polar surface area (TPSA) is 52.7 Å². The molecule has 1 aliphatic carbocycles. The lowest BCUT2D eigenvalue weighted by Gasteiger charge is -2.18. The minimum absolute atomic E-state index is 0.0402. The molecule has 0 amide bonds. The molecule has 2 aromatic carbocycles. The highest BCUT2D eigenvalue weighted by Gasteiger charge is 2.15. The van der Waals surface area contributed by atoms with Gasteiger partial charge in [0.2, 0.25) is 0 Å². The van der Waals surface area contributed by atoms with E-state index in [-0.39, 0.29) is 13.2 Å². The van der Waals surface area contributed by atoms with Gasteiger partial charge in [0.25, 0.3) is 0 Å². The van der Waals surface area contributed by atoms with Crippen LogP contribution >= 0.6 is 31.9 Å². The first-order chi connectivity index (χ1) is 17.1. The first-order valence-electron chi connectivity index (χ1n) is 11.3. The molecule has 178 valence electrons. The van der Waals surface area contributed by atoms with Gasteiger partial charge in [-0.1, -0.05) is 62.2 Å². The molecular weight excluding hydrogens is 570 g/mol. The molecule has 0 fully saturated rings. The predicted octanol–water partition coefficient (Wildman–Crippen LogP) is 6.04. The molecule has 0 aromatic heterocycles. The number of nitrogens with zero attached hydrogens (tertiary/aromatic N) is 1. The van der Waals surface area contributed by atoms with Crippen LogP contribution in [0.2, 0.25) is 0 Å². The van der Waals surface area contributed by atoms with E-state index in [1.165, 1.54) is 0 Å². The summed E-state index contributed by atoms with van der Waals surface area (Å²) in [4.78, 5) is 0. The zero-order chi connectivity index (χ0) is 24.6. The molecule has 0 saturated carbocycles. The van der Waals surface area contributed by atoms with E-state index in [0.29, 0.717) is 13.1 Å². The molecule has 4 nitrogen and oxygen atoms in total. The molecule has 4 rings (SSSR count). The first-order valence-corrected chi connectivity index (χ1v) is 12.9. The predicted molar refractivity (Wildman–Crippen MR) is 149 cm³/mol. The largest absolute Gasteiger partial charge is 0.457 e. The van der Waals surface area contributed by atoms with Crippen molar-refractivity contribution in [1.82, 2.24) is 0 Å². The Hall–Kier alpha value is -2.77. The Kier molecular flexibility index (Phi) is 8.88. The highest BCUT2D eigenvalue weighted by molar-refractivity contribution is 9.10. The average Bonchev–Trinajstić information content (AvgIpc) is 2.88. The van der Waals surface area contributed by atoms with Gasteiger partial charge >= 0.3 is 0 Å². The number of aliphatic hydroxyl groups excluding tert-OH is 2. The highest BCUT2D eigenvalue weighted by Crippen LogP contribution is 2.32. The van der Waals surface area contributed by atoms with Gasteiger partial charge in [-0.05, 0) is 71.4 Å². The van der Waals surface area contributed by atoms with Crippen molar-refractivity contribution in [2.45, 2.75) is 0 Å². The van der Waals surface area contributed by atoms with Gasteiger partial charge in [0.05, 0.1) is 0 Å². The molecule has 2 N–H and O–H groups in total. The van der Waals surface area contributed by atoms with E-state index in [1.54, 1.807) is 0 Å². The maximum Gasteiger partial charge on any atom is 0.200 e. The maximum absolute atomic E-state index is 9.28. The Bertz CT molecular complexity index is 1250. The summed E-state index contributed by atoms with van der Waals surface area (Å²) in [5, 5.41) is 18.6. The van der Waals surface area contributed by atoms with Crippen molar-refractivity contribution >= 4 is 48.9 Å². The van der Waals surface area contributed by atoms with Gasteiger partial charge in [0.15, 0.2) is 18.8 Å². The summed E-state index contributed by atoms with van der Waals surface area (Å²) < 4.78 is 10.3. The van der Waals surface area contributed by atoms with Crippen LogP contribution in [0, 0.1) is 0 Å². The lowest BCUT2D eigenvalue weighted by molar-refractivity contribution is -0.530. The van der Waals surface area contributed by atoms with Crippen molar-refractivity contribution in [3.63, 3.8) is 0 Å². The van der Waals surface area contributed by atoms with E-state index in [1.807, 2.05) is 83.5 Å². The smallest absolute Gasteiger partial charge is 0.200 e. The summed E-state index contributed by atoms with van der Waals surface area (Å²) in [6, 6.07) is 16.3. The second kappa shape index (κ2) is 12.3. The summed E-state index contributed by atoms with van der Waals surface area (Å²) in [6.45, 7) is 1.05. The molecular formula is C29H26Br2NO3+. The second-order valence-corrected chi connectivity index (χ2v) is 9.82. The number of hydrogen-bond donors (Lipinski definition) is 2. The zero-order valence-corrected chi connectivity index (χ0v) is 22.2. The molecule has 0 bridgehead atoms. The number of halogens is 2. The van der Waals surface area contributed by atoms with Gasteiger partial charge in [-0.2, -0.15) is 0 Å². The van der Waals surface area contributed by atoms with Crippen LogP contribution in [0.5, 0.6) is 0 Å². The average molecular weight is 596 g/mol. The van der Waals surface area contributed by atoms with Crippen LogP contribution in [0.1, 0.15) is 11.1 Å². The molecule has 0 unspecified atom stereocenters. The van der Waals surface area contributed by atoms with Crippen LogP contribution < -0.4 is 0 Å². The molecule has 0 spiro atoms. The fourth-order valence-electron chi connectivity index (χ4n) is 3.76. The molecule has 6 heteroatoms. The van der Waals surface area contributed by atoms with Gasteiger partial charge in [0, 0.05) is 26.7 Å². The Morgan fingerprint density at radius 1 is 0.714 bits per heavy atom. The third kappa shape index (κ3) is 6.89. The van der Waals surface area contributed by atoms with Crippen LogP contribution in [-0.4, -0.2) is 46.8 Å². The van der Waals surface area contributed by atoms with Crippen LogP contribution in [-0.2, 0) is 4.74 Å². The number of aliphatic hydroxyl groups is 2. The molecule has 0 atom stereocenters. The quantitative estimate of drug-likeness (QED) is 0.384. The Labute approximate surface area is 222 Å². The van der Waals surface area contributed by atoms with E-state index in [2.05, 4.69) is 50.1 Å². The van der Waals surface area contributed by atoms with E-state index < -0.39 is 0 Å². The van der Waals surface area contributed by atoms with Crippen LogP contribution in [0.15, 0.2) is 117 Å². The van der Waals surface area contributed by atoms with Gasteiger partial charge in [-0.25, -0.2) is 4.58 Å². The Balaban J connectivity index is 1.63.